The Balaban J connectivity index is -0.0000000400. The SMILES string of the molecule is C=C.C=C.C=C.C=C.C=C.C=C.Nc1nc(N)nc(N)n1. The van der Waals surface area contributed by atoms with Crippen molar-refractivity contribution in [2.75, 3.05) is 17.2 Å². The Morgan fingerprint density at radius 2 is 0.476 bits per heavy atom. The summed E-state index contributed by atoms with van der Waals surface area (Å²) in [7, 11) is 0. The second-order valence-corrected chi connectivity index (χ2v) is 1.41. The van der Waals surface area contributed by atoms with E-state index in [0.717, 1.165) is 0 Å². The van der Waals surface area contributed by atoms with Crippen LogP contribution in [0.3, 0.4) is 0 Å². The number of rotatable bonds is 0. The van der Waals surface area contributed by atoms with Gasteiger partial charge in [0.25, 0.3) is 0 Å². The van der Waals surface area contributed by atoms with Crippen molar-refractivity contribution < 1.29 is 0 Å². The van der Waals surface area contributed by atoms with Gasteiger partial charge in [-0.3, -0.25) is 0 Å². The highest BCUT2D eigenvalue weighted by atomic mass is 15.2. The molecule has 0 atom stereocenters. The van der Waals surface area contributed by atoms with E-state index in [1.165, 1.54) is 0 Å². The zero-order chi connectivity index (χ0) is 18.9. The number of hydrogen-bond acceptors (Lipinski definition) is 6. The third-order valence-electron chi connectivity index (χ3n) is 0.687. The lowest BCUT2D eigenvalue weighted by Gasteiger charge is -1.93. The first kappa shape index (κ1) is 36.1. The van der Waals surface area contributed by atoms with Crippen LogP contribution in [0.4, 0.5) is 17.8 Å². The molecule has 0 amide bonds. The zero-order valence-electron chi connectivity index (χ0n) is 13.1. The molecule has 0 unspecified atom stereocenters. The lowest BCUT2D eigenvalue weighted by molar-refractivity contribution is 1.09. The molecule has 0 aliphatic rings. The van der Waals surface area contributed by atoms with Gasteiger partial charge in [-0.1, -0.05) is 0 Å². The van der Waals surface area contributed by atoms with Crippen molar-refractivity contribution in [3.63, 3.8) is 0 Å². The molecule has 6 N–H and O–H groups in total. The van der Waals surface area contributed by atoms with Crippen molar-refractivity contribution in [1.82, 2.24) is 15.0 Å². The normalized spacial score (nSPS) is 5.14. The molecule has 0 saturated heterocycles. The van der Waals surface area contributed by atoms with Crippen molar-refractivity contribution >= 4 is 17.8 Å². The minimum Gasteiger partial charge on any atom is -0.368 e. The van der Waals surface area contributed by atoms with Gasteiger partial charge >= 0.3 is 0 Å². The highest BCUT2D eigenvalue weighted by Crippen LogP contribution is 1.97. The van der Waals surface area contributed by atoms with E-state index in [0.29, 0.717) is 0 Å². The minimum atomic E-state index is 0.0417. The van der Waals surface area contributed by atoms with Crippen LogP contribution < -0.4 is 17.2 Å². The lowest BCUT2D eigenvalue weighted by atomic mass is 10.9. The molecular formula is C15H30N6. The first-order valence-electron chi connectivity index (χ1n) is 5.21. The van der Waals surface area contributed by atoms with Gasteiger partial charge in [0.05, 0.1) is 0 Å². The second kappa shape index (κ2) is 54.0. The molecule has 0 aromatic carbocycles. The Morgan fingerprint density at radius 3 is 0.571 bits per heavy atom. The Labute approximate surface area is 129 Å². The third kappa shape index (κ3) is 47.4. The summed E-state index contributed by atoms with van der Waals surface area (Å²) in [6, 6.07) is 0. The molecule has 0 radical (unpaired) electrons. The predicted octanol–water partition coefficient (Wildman–Crippen LogP) is 3.43. The Hall–Kier alpha value is -3.15. The number of aromatic nitrogens is 3. The Bertz CT molecular complexity index is 238. The van der Waals surface area contributed by atoms with Crippen LogP contribution in [0.15, 0.2) is 78.9 Å². The van der Waals surface area contributed by atoms with E-state index in [1.54, 1.807) is 0 Å². The molecule has 1 aromatic rings. The number of nitrogen functional groups attached to an aromatic ring is 3. The van der Waals surface area contributed by atoms with Gasteiger partial charge in [-0.2, -0.15) is 15.0 Å². The number of nitrogens with two attached hydrogens (primary N) is 3. The van der Waals surface area contributed by atoms with Crippen molar-refractivity contribution in [2.45, 2.75) is 0 Å². The van der Waals surface area contributed by atoms with Gasteiger partial charge in [-0.25, -0.2) is 0 Å². The predicted molar refractivity (Wildman–Crippen MR) is 101 cm³/mol. The van der Waals surface area contributed by atoms with Gasteiger partial charge in [0.15, 0.2) is 0 Å². The average molecular weight is 294 g/mol. The largest absolute Gasteiger partial charge is 0.368 e. The molecule has 0 aliphatic heterocycles. The maximum Gasteiger partial charge on any atom is 0.226 e. The van der Waals surface area contributed by atoms with Crippen LogP contribution in [0.2, 0.25) is 0 Å². The summed E-state index contributed by atoms with van der Waals surface area (Å²) >= 11 is 0. The maximum atomic E-state index is 5.14. The lowest BCUT2D eigenvalue weighted by Crippen LogP contribution is -2.05. The molecular weight excluding hydrogens is 264 g/mol. The molecule has 1 heterocycles. The van der Waals surface area contributed by atoms with Crippen molar-refractivity contribution in [3.8, 4) is 0 Å². The smallest absolute Gasteiger partial charge is 0.226 e. The quantitative estimate of drug-likeness (QED) is 0.631. The van der Waals surface area contributed by atoms with Crippen LogP contribution in [0.25, 0.3) is 0 Å². The van der Waals surface area contributed by atoms with E-state index in [1.807, 2.05) is 0 Å². The molecule has 0 spiro atoms. The topological polar surface area (TPSA) is 117 Å². The standard InChI is InChI=1S/C3H6N6.6C2H4/c4-1-7-2(5)9-3(6)8-1;6*1-2/h(H6,4,5,6,7,8,9);6*1-2H2. The molecule has 0 bridgehead atoms. The van der Waals surface area contributed by atoms with Crippen LogP contribution in [0, 0.1) is 0 Å². The molecule has 1 rings (SSSR count). The van der Waals surface area contributed by atoms with Gasteiger partial charge < -0.3 is 17.2 Å². The summed E-state index contributed by atoms with van der Waals surface area (Å²) in [6.45, 7) is 36.0. The van der Waals surface area contributed by atoms with Crippen LogP contribution in [0.5, 0.6) is 0 Å². The van der Waals surface area contributed by atoms with Gasteiger partial charge in [0.1, 0.15) is 0 Å². The van der Waals surface area contributed by atoms with Crippen LogP contribution in [-0.2, 0) is 0 Å². The van der Waals surface area contributed by atoms with Crippen LogP contribution in [-0.4, -0.2) is 15.0 Å². The molecule has 21 heavy (non-hydrogen) atoms. The third-order valence-corrected chi connectivity index (χ3v) is 0.687. The summed E-state index contributed by atoms with van der Waals surface area (Å²) in [5.41, 5.74) is 15.4. The second-order valence-electron chi connectivity index (χ2n) is 1.41. The maximum absolute atomic E-state index is 5.14. The minimum absolute atomic E-state index is 0.0417. The number of nitrogens with zero attached hydrogens (tertiary/aromatic N) is 3. The molecule has 0 saturated carbocycles. The van der Waals surface area contributed by atoms with Crippen molar-refractivity contribution in [3.05, 3.63) is 78.9 Å². The van der Waals surface area contributed by atoms with E-state index in [9.17, 15) is 0 Å². The highest BCUT2D eigenvalue weighted by Gasteiger charge is 1.93. The summed E-state index contributed by atoms with van der Waals surface area (Å²) < 4.78 is 0. The van der Waals surface area contributed by atoms with E-state index in [4.69, 9.17) is 17.2 Å². The summed E-state index contributed by atoms with van der Waals surface area (Å²) in [5, 5.41) is 0. The molecule has 6 heteroatoms. The van der Waals surface area contributed by atoms with Gasteiger partial charge in [0.2, 0.25) is 17.8 Å². The first-order valence-corrected chi connectivity index (χ1v) is 5.21. The fourth-order valence-electron chi connectivity index (χ4n) is 0.427. The van der Waals surface area contributed by atoms with Crippen molar-refractivity contribution in [2.24, 2.45) is 0 Å². The molecule has 6 nitrogen and oxygen atoms in total. The fourth-order valence-corrected chi connectivity index (χ4v) is 0.427. The monoisotopic (exact) mass is 294 g/mol. The van der Waals surface area contributed by atoms with Gasteiger partial charge in [-0.05, 0) is 0 Å². The molecule has 0 aliphatic carbocycles. The van der Waals surface area contributed by atoms with Crippen molar-refractivity contribution in [1.29, 1.82) is 0 Å². The van der Waals surface area contributed by atoms with E-state index >= 15 is 0 Å². The summed E-state index contributed by atoms with van der Waals surface area (Å²) in [5.74, 6) is 0.125. The van der Waals surface area contributed by atoms with Crippen LogP contribution >= 0.6 is 0 Å². The summed E-state index contributed by atoms with van der Waals surface area (Å²) in [6.07, 6.45) is 0. The number of hydrogen-bond donors (Lipinski definition) is 3. The van der Waals surface area contributed by atoms with E-state index < -0.39 is 0 Å². The van der Waals surface area contributed by atoms with Gasteiger partial charge in [-0.15, -0.1) is 78.9 Å². The highest BCUT2D eigenvalue weighted by molar-refractivity contribution is 5.33. The van der Waals surface area contributed by atoms with E-state index in [2.05, 4.69) is 93.9 Å². The first-order chi connectivity index (χ1) is 10.2. The molecule has 0 fully saturated rings. The molecule has 120 valence electrons. The Morgan fingerprint density at radius 1 is 0.381 bits per heavy atom. The molecule has 1 aromatic heterocycles. The Kier molecular flexibility index (Phi) is 92.9. The van der Waals surface area contributed by atoms with E-state index in [-0.39, 0.29) is 17.8 Å². The van der Waals surface area contributed by atoms with Crippen LogP contribution in [0.1, 0.15) is 0 Å². The average Bonchev–Trinajstić information content (AvgIpc) is 2.57. The summed E-state index contributed by atoms with van der Waals surface area (Å²) in [4.78, 5) is 10.5. The number of anilines is 3. The fraction of sp³-hybridized carbons (Fsp3) is 0. The van der Waals surface area contributed by atoms with Gasteiger partial charge in [0, 0.05) is 0 Å². The zero-order valence-corrected chi connectivity index (χ0v) is 13.1.